The van der Waals surface area contributed by atoms with E-state index >= 15 is 0 Å². The Bertz CT molecular complexity index is 517. The lowest BCUT2D eigenvalue weighted by Gasteiger charge is -2.04. The second kappa shape index (κ2) is 5.54. The van der Waals surface area contributed by atoms with Crippen LogP contribution in [0.1, 0.15) is 19.5 Å². The van der Waals surface area contributed by atoms with Crippen molar-refractivity contribution < 1.29 is 8.78 Å². The van der Waals surface area contributed by atoms with Crippen molar-refractivity contribution in [3.05, 3.63) is 40.9 Å². The molecule has 1 aromatic carbocycles. The molecule has 18 heavy (non-hydrogen) atoms. The maximum atomic E-state index is 13.1. The lowest BCUT2D eigenvalue weighted by Crippen LogP contribution is -2.21. The molecule has 1 N–H and O–H groups in total. The van der Waals surface area contributed by atoms with Gasteiger partial charge in [-0.05, 0) is 12.1 Å². The van der Waals surface area contributed by atoms with Crippen LogP contribution in [0.2, 0.25) is 0 Å². The summed E-state index contributed by atoms with van der Waals surface area (Å²) in [4.78, 5) is 4.36. The molecule has 0 spiro atoms. The van der Waals surface area contributed by atoms with Crippen LogP contribution in [0.5, 0.6) is 0 Å². The Hall–Kier alpha value is -1.33. The van der Waals surface area contributed by atoms with Gasteiger partial charge in [-0.2, -0.15) is 0 Å². The normalized spacial score (nSPS) is 11.2. The zero-order chi connectivity index (χ0) is 13.1. The van der Waals surface area contributed by atoms with Gasteiger partial charge in [0.05, 0.1) is 5.69 Å². The van der Waals surface area contributed by atoms with Crippen LogP contribution in [0, 0.1) is 11.6 Å². The van der Waals surface area contributed by atoms with Crippen molar-refractivity contribution in [3.8, 4) is 10.6 Å². The Kier molecular flexibility index (Phi) is 4.04. The number of hydrogen-bond donors (Lipinski definition) is 1. The molecule has 0 aliphatic rings. The van der Waals surface area contributed by atoms with E-state index < -0.39 is 11.6 Å². The molecule has 0 atom stereocenters. The first-order valence-electron chi connectivity index (χ1n) is 5.69. The molecular weight excluding hydrogens is 254 g/mol. The van der Waals surface area contributed by atoms with Crippen molar-refractivity contribution in [2.75, 3.05) is 0 Å². The molecule has 96 valence electrons. The van der Waals surface area contributed by atoms with Crippen LogP contribution in [-0.4, -0.2) is 11.0 Å². The Morgan fingerprint density at radius 3 is 2.50 bits per heavy atom. The van der Waals surface area contributed by atoms with Crippen LogP contribution in [0.15, 0.2) is 23.6 Å². The summed E-state index contributed by atoms with van der Waals surface area (Å²) in [6.07, 6.45) is 0. The fourth-order valence-electron chi connectivity index (χ4n) is 1.51. The van der Waals surface area contributed by atoms with Crippen LogP contribution < -0.4 is 5.32 Å². The van der Waals surface area contributed by atoms with Crippen molar-refractivity contribution in [1.29, 1.82) is 0 Å². The number of nitrogens with zero attached hydrogens (tertiary/aromatic N) is 1. The standard InChI is InChI=1S/C13H14F2N2S/c1-8(2)16-6-12-7-18-13(17-12)9-3-10(14)5-11(15)4-9/h3-5,7-8,16H,6H2,1-2H3. The van der Waals surface area contributed by atoms with Gasteiger partial charge >= 0.3 is 0 Å². The third-order valence-electron chi connectivity index (χ3n) is 2.35. The van der Waals surface area contributed by atoms with Gasteiger partial charge in [0.2, 0.25) is 0 Å². The van der Waals surface area contributed by atoms with Crippen molar-refractivity contribution in [2.45, 2.75) is 26.4 Å². The molecular formula is C13H14F2N2S. The molecule has 0 aliphatic carbocycles. The maximum Gasteiger partial charge on any atom is 0.126 e. The second-order valence-electron chi connectivity index (χ2n) is 4.34. The maximum absolute atomic E-state index is 13.1. The van der Waals surface area contributed by atoms with E-state index in [0.29, 0.717) is 23.2 Å². The molecule has 5 heteroatoms. The molecule has 0 saturated carbocycles. The van der Waals surface area contributed by atoms with Gasteiger partial charge in [0.1, 0.15) is 16.6 Å². The van der Waals surface area contributed by atoms with Gasteiger partial charge in [-0.1, -0.05) is 13.8 Å². The molecule has 1 heterocycles. The van der Waals surface area contributed by atoms with Crippen molar-refractivity contribution >= 4 is 11.3 Å². The van der Waals surface area contributed by atoms with Crippen molar-refractivity contribution in [1.82, 2.24) is 10.3 Å². The number of thiazole rings is 1. The van der Waals surface area contributed by atoms with E-state index in [-0.39, 0.29) is 0 Å². The lowest BCUT2D eigenvalue weighted by molar-refractivity contribution is 0.582. The quantitative estimate of drug-likeness (QED) is 0.916. The minimum absolute atomic E-state index is 0.377. The molecule has 0 aliphatic heterocycles. The fourth-order valence-corrected chi connectivity index (χ4v) is 2.31. The molecule has 0 saturated heterocycles. The first-order chi connectivity index (χ1) is 8.54. The number of benzene rings is 1. The molecule has 2 nitrogen and oxygen atoms in total. The minimum atomic E-state index is -0.581. The third-order valence-corrected chi connectivity index (χ3v) is 3.29. The number of aromatic nitrogens is 1. The summed E-state index contributed by atoms with van der Waals surface area (Å²) in [5.41, 5.74) is 1.36. The Labute approximate surface area is 109 Å². The molecule has 2 rings (SSSR count). The van der Waals surface area contributed by atoms with E-state index in [1.807, 2.05) is 5.38 Å². The highest BCUT2D eigenvalue weighted by atomic mass is 32.1. The Morgan fingerprint density at radius 2 is 1.89 bits per heavy atom. The average Bonchev–Trinajstić information content (AvgIpc) is 2.73. The number of hydrogen-bond acceptors (Lipinski definition) is 3. The van der Waals surface area contributed by atoms with Gasteiger partial charge in [-0.3, -0.25) is 0 Å². The summed E-state index contributed by atoms with van der Waals surface area (Å²) in [6.45, 7) is 4.76. The first-order valence-corrected chi connectivity index (χ1v) is 6.57. The summed E-state index contributed by atoms with van der Waals surface area (Å²) in [6, 6.07) is 3.82. The molecule has 0 fully saturated rings. The Morgan fingerprint density at radius 1 is 1.22 bits per heavy atom. The van der Waals surface area contributed by atoms with E-state index in [0.717, 1.165) is 11.8 Å². The second-order valence-corrected chi connectivity index (χ2v) is 5.20. The molecule has 1 aromatic heterocycles. The first kappa shape index (κ1) is 13.1. The largest absolute Gasteiger partial charge is 0.309 e. The van der Waals surface area contributed by atoms with Crippen LogP contribution in [0.3, 0.4) is 0 Å². The SMILES string of the molecule is CC(C)NCc1csc(-c2cc(F)cc(F)c2)n1. The predicted octanol–water partition coefficient (Wildman–Crippen LogP) is 3.59. The van der Waals surface area contributed by atoms with Crippen molar-refractivity contribution in [2.24, 2.45) is 0 Å². The fraction of sp³-hybridized carbons (Fsp3) is 0.308. The van der Waals surface area contributed by atoms with E-state index in [1.165, 1.54) is 23.5 Å². The van der Waals surface area contributed by atoms with Gasteiger partial charge < -0.3 is 5.32 Å². The van der Waals surface area contributed by atoms with Gasteiger partial charge in [0, 0.05) is 29.6 Å². The van der Waals surface area contributed by atoms with E-state index in [2.05, 4.69) is 24.1 Å². The van der Waals surface area contributed by atoms with Gasteiger partial charge in [-0.25, -0.2) is 13.8 Å². The van der Waals surface area contributed by atoms with E-state index in [4.69, 9.17) is 0 Å². The smallest absolute Gasteiger partial charge is 0.126 e. The lowest BCUT2D eigenvalue weighted by atomic mass is 10.2. The van der Waals surface area contributed by atoms with Crippen LogP contribution in [-0.2, 0) is 6.54 Å². The van der Waals surface area contributed by atoms with Gasteiger partial charge in [0.25, 0.3) is 0 Å². The highest BCUT2D eigenvalue weighted by Gasteiger charge is 2.08. The summed E-state index contributed by atoms with van der Waals surface area (Å²) in [5, 5.41) is 5.77. The molecule has 0 amide bonds. The molecule has 2 aromatic rings. The number of halogens is 2. The van der Waals surface area contributed by atoms with E-state index in [1.54, 1.807) is 0 Å². The third kappa shape index (κ3) is 3.34. The number of rotatable bonds is 4. The van der Waals surface area contributed by atoms with Gasteiger partial charge in [0.15, 0.2) is 0 Å². The minimum Gasteiger partial charge on any atom is -0.309 e. The summed E-state index contributed by atoms with van der Waals surface area (Å²) in [5.74, 6) is -1.16. The van der Waals surface area contributed by atoms with Crippen LogP contribution in [0.25, 0.3) is 10.6 Å². The summed E-state index contributed by atoms with van der Waals surface area (Å²) in [7, 11) is 0. The predicted molar refractivity (Wildman–Crippen MR) is 69.4 cm³/mol. The molecule has 0 bridgehead atoms. The van der Waals surface area contributed by atoms with E-state index in [9.17, 15) is 8.78 Å². The zero-order valence-corrected chi connectivity index (χ0v) is 11.0. The monoisotopic (exact) mass is 268 g/mol. The van der Waals surface area contributed by atoms with Crippen LogP contribution in [0.4, 0.5) is 8.78 Å². The summed E-state index contributed by atoms with van der Waals surface area (Å²) >= 11 is 1.39. The topological polar surface area (TPSA) is 24.9 Å². The highest BCUT2D eigenvalue weighted by Crippen LogP contribution is 2.25. The average molecular weight is 268 g/mol. The summed E-state index contributed by atoms with van der Waals surface area (Å²) < 4.78 is 26.2. The highest BCUT2D eigenvalue weighted by molar-refractivity contribution is 7.13. The zero-order valence-electron chi connectivity index (χ0n) is 10.2. The molecule has 0 radical (unpaired) electrons. The Balaban J connectivity index is 2.18. The van der Waals surface area contributed by atoms with Crippen molar-refractivity contribution in [3.63, 3.8) is 0 Å². The van der Waals surface area contributed by atoms with Crippen LogP contribution >= 0.6 is 11.3 Å². The molecule has 0 unspecified atom stereocenters. The van der Waals surface area contributed by atoms with Gasteiger partial charge in [-0.15, -0.1) is 11.3 Å². The number of nitrogens with one attached hydrogen (secondary N) is 1.